The Morgan fingerprint density at radius 1 is 1.07 bits per heavy atom. The number of fused-ring (bicyclic) bond motifs is 1. The van der Waals surface area contributed by atoms with Gasteiger partial charge in [0.25, 0.3) is 11.5 Å². The van der Waals surface area contributed by atoms with Crippen LogP contribution in [-0.4, -0.2) is 45.1 Å². The van der Waals surface area contributed by atoms with Gasteiger partial charge < -0.3 is 0 Å². The predicted octanol–water partition coefficient (Wildman–Crippen LogP) is 2.22. The highest BCUT2D eigenvalue weighted by Gasteiger charge is 2.25. The molecule has 162 valence electrons. The number of rotatable bonds is 6. The zero-order valence-electron chi connectivity index (χ0n) is 18.0. The highest BCUT2D eigenvalue weighted by molar-refractivity contribution is 6.05. The average molecular weight is 414 g/mol. The summed E-state index contributed by atoms with van der Waals surface area (Å²) in [5.74, 6) is -0.788. The molecule has 0 spiro atoms. The average Bonchev–Trinajstić information content (AvgIpc) is 2.74. The van der Waals surface area contributed by atoms with Crippen molar-refractivity contribution in [3.8, 4) is 0 Å². The fraction of sp³-hybridized carbons (Fsp3) is 0.545. The monoisotopic (exact) mass is 413 g/mol. The number of piperidine rings is 1. The Balaban J connectivity index is 1.66. The number of amides is 2. The Labute approximate surface area is 176 Å². The molecule has 1 aliphatic heterocycles. The highest BCUT2D eigenvalue weighted by Crippen LogP contribution is 2.22. The Morgan fingerprint density at radius 2 is 1.73 bits per heavy atom. The van der Waals surface area contributed by atoms with E-state index in [0.29, 0.717) is 42.4 Å². The third-order valence-electron chi connectivity index (χ3n) is 5.81. The van der Waals surface area contributed by atoms with E-state index in [2.05, 4.69) is 34.7 Å². The lowest BCUT2D eigenvalue weighted by Gasteiger charge is -2.38. The number of hydrogen-bond donors (Lipinski definition) is 2. The molecule has 2 aromatic rings. The lowest BCUT2D eigenvalue weighted by molar-refractivity contribution is -0.122. The first kappa shape index (κ1) is 22.0. The normalized spacial score (nSPS) is 19.6. The minimum Gasteiger partial charge on any atom is -0.297 e. The standard InChI is InChI=1S/C22H31N5O3/c1-4-13-27-22(30)18-11-6-5-10-17(18)20(25-27)21(29)24-23-19(28)12-14-26-15(2)8-7-9-16(26)3/h5-6,10-11,15-16H,4,7-9,12-14H2,1-3H3,(H,23,28)(H,24,29). The summed E-state index contributed by atoms with van der Waals surface area (Å²) in [6.07, 6.45) is 4.54. The lowest BCUT2D eigenvalue weighted by atomic mass is 9.97. The van der Waals surface area contributed by atoms with E-state index in [1.165, 1.54) is 11.1 Å². The number of hydrazine groups is 1. The molecule has 0 saturated carbocycles. The van der Waals surface area contributed by atoms with Gasteiger partial charge in [-0.15, -0.1) is 0 Å². The minimum atomic E-state index is -0.538. The van der Waals surface area contributed by atoms with Crippen molar-refractivity contribution < 1.29 is 9.59 Å². The zero-order valence-corrected chi connectivity index (χ0v) is 18.0. The smallest absolute Gasteiger partial charge is 0.290 e. The van der Waals surface area contributed by atoms with Gasteiger partial charge in [0, 0.05) is 37.0 Å². The van der Waals surface area contributed by atoms with E-state index in [9.17, 15) is 14.4 Å². The van der Waals surface area contributed by atoms with Gasteiger partial charge in [-0.25, -0.2) is 4.68 Å². The molecular formula is C22H31N5O3. The molecule has 2 N–H and O–H groups in total. The molecule has 2 amide bonds. The zero-order chi connectivity index (χ0) is 21.7. The summed E-state index contributed by atoms with van der Waals surface area (Å²) in [6, 6.07) is 7.81. The van der Waals surface area contributed by atoms with Crippen molar-refractivity contribution in [1.29, 1.82) is 0 Å². The highest BCUT2D eigenvalue weighted by atomic mass is 16.2. The van der Waals surface area contributed by atoms with E-state index in [1.807, 2.05) is 6.92 Å². The molecule has 8 nitrogen and oxygen atoms in total. The number of carbonyl (C=O) groups is 2. The molecule has 2 heterocycles. The number of aryl methyl sites for hydroxylation is 1. The summed E-state index contributed by atoms with van der Waals surface area (Å²) in [6.45, 7) is 7.40. The molecule has 2 atom stereocenters. The van der Waals surface area contributed by atoms with Crippen molar-refractivity contribution in [1.82, 2.24) is 25.5 Å². The van der Waals surface area contributed by atoms with Gasteiger partial charge in [-0.1, -0.05) is 31.5 Å². The number of nitrogens with zero attached hydrogens (tertiary/aromatic N) is 3. The van der Waals surface area contributed by atoms with E-state index >= 15 is 0 Å². The quantitative estimate of drug-likeness (QED) is 0.708. The van der Waals surface area contributed by atoms with E-state index in [-0.39, 0.29) is 17.2 Å². The van der Waals surface area contributed by atoms with Gasteiger partial charge >= 0.3 is 0 Å². The number of benzene rings is 1. The molecule has 1 aromatic carbocycles. The Morgan fingerprint density at radius 3 is 2.40 bits per heavy atom. The van der Waals surface area contributed by atoms with Crippen molar-refractivity contribution in [2.45, 2.75) is 71.5 Å². The fourth-order valence-electron chi connectivity index (χ4n) is 4.16. The minimum absolute atomic E-state index is 0.122. The molecule has 2 unspecified atom stereocenters. The van der Waals surface area contributed by atoms with Gasteiger partial charge in [0.1, 0.15) is 0 Å². The maximum atomic E-state index is 12.7. The molecule has 30 heavy (non-hydrogen) atoms. The van der Waals surface area contributed by atoms with Crippen LogP contribution in [0.15, 0.2) is 29.1 Å². The fourth-order valence-corrected chi connectivity index (χ4v) is 4.16. The SMILES string of the molecule is CCCn1nc(C(=O)NNC(=O)CCN2C(C)CCCC2C)c2ccccc2c1=O. The largest absolute Gasteiger partial charge is 0.297 e. The Bertz CT molecular complexity index is 961. The number of aromatic nitrogens is 2. The molecule has 1 aromatic heterocycles. The van der Waals surface area contributed by atoms with Crippen LogP contribution in [0, 0.1) is 0 Å². The maximum absolute atomic E-state index is 12.7. The van der Waals surface area contributed by atoms with E-state index in [0.717, 1.165) is 19.3 Å². The topological polar surface area (TPSA) is 96.3 Å². The molecule has 1 fully saturated rings. The number of nitrogens with one attached hydrogen (secondary N) is 2. The second kappa shape index (κ2) is 9.84. The second-order valence-electron chi connectivity index (χ2n) is 8.04. The Kier molecular flexibility index (Phi) is 7.20. The first-order valence-corrected chi connectivity index (χ1v) is 10.8. The number of likely N-dealkylation sites (tertiary alicyclic amines) is 1. The van der Waals surface area contributed by atoms with E-state index < -0.39 is 5.91 Å². The summed E-state index contributed by atoms with van der Waals surface area (Å²) in [5.41, 5.74) is 4.84. The molecule has 0 bridgehead atoms. The van der Waals surface area contributed by atoms with Crippen LogP contribution >= 0.6 is 0 Å². The van der Waals surface area contributed by atoms with Gasteiger partial charge in [-0.05, 0) is 39.2 Å². The summed E-state index contributed by atoms with van der Waals surface area (Å²) in [5, 5.41) is 5.15. The number of hydrogen-bond acceptors (Lipinski definition) is 5. The first-order valence-electron chi connectivity index (χ1n) is 10.8. The summed E-state index contributed by atoms with van der Waals surface area (Å²) < 4.78 is 1.30. The lowest BCUT2D eigenvalue weighted by Crippen LogP contribution is -2.47. The van der Waals surface area contributed by atoms with Crippen molar-refractivity contribution >= 4 is 22.6 Å². The molecule has 8 heteroatoms. The predicted molar refractivity (Wildman–Crippen MR) is 116 cm³/mol. The second-order valence-corrected chi connectivity index (χ2v) is 8.04. The van der Waals surface area contributed by atoms with Crippen LogP contribution < -0.4 is 16.4 Å². The molecule has 0 aliphatic carbocycles. The van der Waals surface area contributed by atoms with Crippen LogP contribution in [0.3, 0.4) is 0 Å². The maximum Gasteiger partial charge on any atom is 0.290 e. The van der Waals surface area contributed by atoms with Crippen molar-refractivity contribution in [2.24, 2.45) is 0 Å². The van der Waals surface area contributed by atoms with Crippen LogP contribution in [0.2, 0.25) is 0 Å². The molecule has 1 saturated heterocycles. The van der Waals surface area contributed by atoms with Gasteiger partial charge in [0.2, 0.25) is 5.91 Å². The van der Waals surface area contributed by atoms with E-state index in [4.69, 9.17) is 0 Å². The van der Waals surface area contributed by atoms with Gasteiger partial charge in [-0.3, -0.25) is 30.1 Å². The van der Waals surface area contributed by atoms with Gasteiger partial charge in [-0.2, -0.15) is 5.10 Å². The van der Waals surface area contributed by atoms with Crippen molar-refractivity contribution in [3.63, 3.8) is 0 Å². The van der Waals surface area contributed by atoms with Crippen LogP contribution in [-0.2, 0) is 11.3 Å². The van der Waals surface area contributed by atoms with Gasteiger partial charge in [0.15, 0.2) is 5.69 Å². The summed E-state index contributed by atoms with van der Waals surface area (Å²) in [4.78, 5) is 39.9. The van der Waals surface area contributed by atoms with Crippen molar-refractivity contribution in [3.05, 3.63) is 40.3 Å². The summed E-state index contributed by atoms with van der Waals surface area (Å²) >= 11 is 0. The Hall–Kier alpha value is -2.74. The van der Waals surface area contributed by atoms with Crippen molar-refractivity contribution in [2.75, 3.05) is 6.54 Å². The third-order valence-corrected chi connectivity index (χ3v) is 5.81. The van der Waals surface area contributed by atoms with Crippen LogP contribution in [0.5, 0.6) is 0 Å². The van der Waals surface area contributed by atoms with Crippen LogP contribution in [0.4, 0.5) is 0 Å². The van der Waals surface area contributed by atoms with Crippen LogP contribution in [0.25, 0.3) is 10.8 Å². The van der Waals surface area contributed by atoms with E-state index in [1.54, 1.807) is 24.3 Å². The molecule has 1 aliphatic rings. The molecule has 0 radical (unpaired) electrons. The van der Waals surface area contributed by atoms with Crippen LogP contribution in [0.1, 0.15) is 63.4 Å². The molecular weight excluding hydrogens is 382 g/mol. The third kappa shape index (κ3) is 4.87. The first-order chi connectivity index (χ1) is 14.4. The molecule has 3 rings (SSSR count). The van der Waals surface area contributed by atoms with Gasteiger partial charge in [0.05, 0.1) is 5.39 Å². The number of carbonyl (C=O) groups excluding carboxylic acids is 2. The summed E-state index contributed by atoms with van der Waals surface area (Å²) in [7, 11) is 0.